The van der Waals surface area contributed by atoms with Crippen LogP contribution >= 0.6 is 11.3 Å². The standard InChI is InChI=1S/C30H36FN5OS/c31-26-9-6-22(7-10-26)25-19-32-36(20-25)17-16-34-12-14-35(15-13-34)21-28(37)24-8-11-29-27(18-24)33-30(38-29)23-4-2-1-3-5-23/h6-11,18-20,23,28,37H,1-5,12-17,21H2. The van der Waals surface area contributed by atoms with Gasteiger partial charge in [0.25, 0.3) is 0 Å². The molecule has 1 saturated heterocycles. The fourth-order valence-electron chi connectivity index (χ4n) is 5.76. The molecule has 0 bridgehead atoms. The van der Waals surface area contributed by atoms with Crippen LogP contribution in [0.5, 0.6) is 0 Å². The smallest absolute Gasteiger partial charge is 0.123 e. The number of aromatic nitrogens is 3. The van der Waals surface area contributed by atoms with Crippen LogP contribution in [-0.4, -0.2) is 68.9 Å². The molecule has 2 fully saturated rings. The number of aliphatic hydroxyl groups excluding tert-OH is 1. The van der Waals surface area contributed by atoms with Crippen LogP contribution in [0.3, 0.4) is 0 Å². The van der Waals surface area contributed by atoms with E-state index in [0.717, 1.165) is 61.5 Å². The second-order valence-corrected chi connectivity index (χ2v) is 11.8. The Kier molecular flexibility index (Phi) is 7.83. The normalized spacial score (nSPS) is 18.8. The Bertz CT molecular complexity index is 1340. The molecule has 4 aromatic rings. The van der Waals surface area contributed by atoms with Crippen molar-refractivity contribution in [2.45, 2.75) is 50.7 Å². The number of halogens is 1. The molecule has 0 amide bonds. The van der Waals surface area contributed by atoms with Gasteiger partial charge in [-0.1, -0.05) is 37.5 Å². The number of nitrogens with zero attached hydrogens (tertiary/aromatic N) is 5. The largest absolute Gasteiger partial charge is 0.387 e. The second kappa shape index (κ2) is 11.6. The molecule has 1 unspecified atom stereocenters. The lowest BCUT2D eigenvalue weighted by atomic mass is 9.90. The molecule has 1 aliphatic heterocycles. The van der Waals surface area contributed by atoms with Crippen LogP contribution in [0.1, 0.15) is 54.7 Å². The Morgan fingerprint density at radius 1 is 0.921 bits per heavy atom. The summed E-state index contributed by atoms with van der Waals surface area (Å²) in [6.07, 6.45) is 9.89. The predicted molar refractivity (Wildman–Crippen MR) is 151 cm³/mol. The third kappa shape index (κ3) is 5.99. The van der Waals surface area contributed by atoms with E-state index in [9.17, 15) is 9.50 Å². The molecule has 1 N–H and O–H groups in total. The predicted octanol–water partition coefficient (Wildman–Crippen LogP) is 5.70. The minimum absolute atomic E-state index is 0.225. The molecule has 1 aliphatic carbocycles. The Hall–Kier alpha value is -2.65. The van der Waals surface area contributed by atoms with Crippen LogP contribution in [0.2, 0.25) is 0 Å². The topological polar surface area (TPSA) is 57.4 Å². The van der Waals surface area contributed by atoms with Crippen molar-refractivity contribution in [3.05, 3.63) is 71.2 Å². The molecule has 1 atom stereocenters. The zero-order chi connectivity index (χ0) is 25.9. The molecule has 200 valence electrons. The lowest BCUT2D eigenvalue weighted by Gasteiger charge is -2.35. The molecule has 0 radical (unpaired) electrons. The summed E-state index contributed by atoms with van der Waals surface area (Å²) in [6.45, 7) is 6.26. The van der Waals surface area contributed by atoms with Crippen molar-refractivity contribution >= 4 is 21.6 Å². The maximum absolute atomic E-state index is 13.2. The van der Waals surface area contributed by atoms with Gasteiger partial charge in [0.05, 0.1) is 34.1 Å². The van der Waals surface area contributed by atoms with Crippen molar-refractivity contribution in [2.24, 2.45) is 0 Å². The minimum Gasteiger partial charge on any atom is -0.387 e. The molecule has 6 rings (SSSR count). The molecule has 0 spiro atoms. The van der Waals surface area contributed by atoms with Crippen LogP contribution in [0.25, 0.3) is 21.3 Å². The zero-order valence-corrected chi connectivity index (χ0v) is 22.6. The number of β-amino-alcohol motifs (C(OH)–C–C–N with tert-alkyl or cyclic N) is 1. The van der Waals surface area contributed by atoms with Crippen LogP contribution < -0.4 is 0 Å². The number of thiazole rings is 1. The van der Waals surface area contributed by atoms with E-state index < -0.39 is 6.10 Å². The summed E-state index contributed by atoms with van der Waals surface area (Å²) in [5, 5.41) is 16.8. The van der Waals surface area contributed by atoms with Crippen LogP contribution in [0, 0.1) is 5.82 Å². The number of hydrogen-bond acceptors (Lipinski definition) is 6. The summed E-state index contributed by atoms with van der Waals surface area (Å²) < 4.78 is 16.4. The van der Waals surface area contributed by atoms with Gasteiger partial charge in [-0.25, -0.2) is 9.37 Å². The van der Waals surface area contributed by atoms with Gasteiger partial charge < -0.3 is 5.11 Å². The van der Waals surface area contributed by atoms with Gasteiger partial charge in [0.2, 0.25) is 0 Å². The maximum Gasteiger partial charge on any atom is 0.123 e. The monoisotopic (exact) mass is 533 g/mol. The van der Waals surface area contributed by atoms with Crippen molar-refractivity contribution in [3.63, 3.8) is 0 Å². The molecular formula is C30H36FN5OS. The molecule has 2 aromatic carbocycles. The number of fused-ring (bicyclic) bond motifs is 1. The van der Waals surface area contributed by atoms with Gasteiger partial charge in [0, 0.05) is 56.9 Å². The Labute approximate surface area is 227 Å². The van der Waals surface area contributed by atoms with Crippen molar-refractivity contribution in [1.29, 1.82) is 0 Å². The first-order chi connectivity index (χ1) is 18.6. The summed E-state index contributed by atoms with van der Waals surface area (Å²) in [7, 11) is 0. The van der Waals surface area contributed by atoms with Crippen LogP contribution in [0.4, 0.5) is 4.39 Å². The van der Waals surface area contributed by atoms with Gasteiger partial charge in [-0.05, 0) is 48.2 Å². The number of rotatable bonds is 8. The van der Waals surface area contributed by atoms with Crippen molar-refractivity contribution in [1.82, 2.24) is 24.6 Å². The highest BCUT2D eigenvalue weighted by Crippen LogP contribution is 2.37. The first-order valence-electron chi connectivity index (χ1n) is 13.9. The third-order valence-corrected chi connectivity index (χ3v) is 9.32. The van der Waals surface area contributed by atoms with Crippen LogP contribution in [-0.2, 0) is 6.54 Å². The van der Waals surface area contributed by atoms with Crippen LogP contribution in [0.15, 0.2) is 54.9 Å². The maximum atomic E-state index is 13.2. The zero-order valence-electron chi connectivity index (χ0n) is 21.8. The number of benzene rings is 2. The van der Waals surface area contributed by atoms with E-state index >= 15 is 0 Å². The molecule has 1 saturated carbocycles. The van der Waals surface area contributed by atoms with Gasteiger partial charge in [0.1, 0.15) is 5.82 Å². The average molecular weight is 534 g/mol. The number of aliphatic hydroxyl groups is 1. The lowest BCUT2D eigenvalue weighted by molar-refractivity contribution is 0.0711. The molecule has 2 aliphatic rings. The average Bonchev–Trinajstić information content (AvgIpc) is 3.61. The van der Waals surface area contributed by atoms with E-state index in [-0.39, 0.29) is 5.82 Å². The van der Waals surface area contributed by atoms with Crippen molar-refractivity contribution in [3.8, 4) is 11.1 Å². The SMILES string of the molecule is OC(CN1CCN(CCn2cc(-c3ccc(F)cc3)cn2)CC1)c1ccc2sc(C3CCCCC3)nc2c1. The summed E-state index contributed by atoms with van der Waals surface area (Å²) in [6, 6.07) is 12.9. The van der Waals surface area contributed by atoms with Gasteiger partial charge in [-0.15, -0.1) is 11.3 Å². The second-order valence-electron chi connectivity index (χ2n) is 10.8. The first kappa shape index (κ1) is 25.6. The first-order valence-corrected chi connectivity index (χ1v) is 14.7. The fraction of sp³-hybridized carbons (Fsp3) is 0.467. The van der Waals surface area contributed by atoms with Gasteiger partial charge in [0.15, 0.2) is 0 Å². The Balaban J connectivity index is 0.977. The Morgan fingerprint density at radius 2 is 1.68 bits per heavy atom. The van der Waals surface area contributed by atoms with E-state index in [2.05, 4.69) is 33.1 Å². The van der Waals surface area contributed by atoms with Gasteiger partial charge in [-0.3, -0.25) is 14.5 Å². The molecule has 8 heteroatoms. The summed E-state index contributed by atoms with van der Waals surface area (Å²) >= 11 is 1.84. The van der Waals surface area contributed by atoms with E-state index in [1.54, 1.807) is 12.1 Å². The molecular weight excluding hydrogens is 497 g/mol. The third-order valence-electron chi connectivity index (χ3n) is 8.12. The number of hydrogen-bond donors (Lipinski definition) is 1. The highest BCUT2D eigenvalue weighted by Gasteiger charge is 2.22. The van der Waals surface area contributed by atoms with E-state index in [1.807, 2.05) is 28.4 Å². The number of piperazine rings is 1. The summed E-state index contributed by atoms with van der Waals surface area (Å²) in [5.74, 6) is 0.396. The van der Waals surface area contributed by atoms with E-state index in [0.29, 0.717) is 12.5 Å². The van der Waals surface area contributed by atoms with Gasteiger partial charge >= 0.3 is 0 Å². The van der Waals surface area contributed by atoms with Crippen molar-refractivity contribution in [2.75, 3.05) is 39.3 Å². The minimum atomic E-state index is -0.500. The quantitative estimate of drug-likeness (QED) is 0.315. The highest BCUT2D eigenvalue weighted by atomic mass is 32.1. The Morgan fingerprint density at radius 3 is 2.47 bits per heavy atom. The summed E-state index contributed by atoms with van der Waals surface area (Å²) in [5.41, 5.74) is 3.99. The molecule has 2 aromatic heterocycles. The van der Waals surface area contributed by atoms with E-state index in [4.69, 9.17) is 4.98 Å². The summed E-state index contributed by atoms with van der Waals surface area (Å²) in [4.78, 5) is 9.78. The molecule has 6 nitrogen and oxygen atoms in total. The van der Waals surface area contributed by atoms with Crippen molar-refractivity contribution < 1.29 is 9.50 Å². The van der Waals surface area contributed by atoms with Gasteiger partial charge in [-0.2, -0.15) is 5.10 Å². The van der Waals surface area contributed by atoms with E-state index in [1.165, 1.54) is 53.9 Å². The highest BCUT2D eigenvalue weighted by molar-refractivity contribution is 7.18. The fourth-order valence-corrected chi connectivity index (χ4v) is 6.88. The lowest BCUT2D eigenvalue weighted by Crippen LogP contribution is -2.48. The molecule has 3 heterocycles. The molecule has 38 heavy (non-hydrogen) atoms.